The van der Waals surface area contributed by atoms with Crippen LogP contribution in [0, 0.1) is 23.7 Å². The molecule has 30 heavy (non-hydrogen) atoms. The van der Waals surface area contributed by atoms with Crippen LogP contribution in [0.3, 0.4) is 0 Å². The Morgan fingerprint density at radius 1 is 1.27 bits per heavy atom. The van der Waals surface area contributed by atoms with Gasteiger partial charge in [0.2, 0.25) is 0 Å². The van der Waals surface area contributed by atoms with Crippen LogP contribution in [-0.2, 0) is 12.1 Å². The molecule has 2 aromatic rings. The number of anilines is 3. The predicted molar refractivity (Wildman–Crippen MR) is 115 cm³/mol. The molecule has 156 valence electrons. The number of fused-ring (bicyclic) bond motifs is 7. The first-order chi connectivity index (χ1) is 14.1. The molecule has 4 N–H and O–H groups in total. The summed E-state index contributed by atoms with van der Waals surface area (Å²) >= 11 is 0. The maximum absolute atomic E-state index is 14.0. The van der Waals surface area contributed by atoms with E-state index in [1.165, 1.54) is 0 Å². The van der Waals surface area contributed by atoms with E-state index < -0.39 is 5.66 Å². The van der Waals surface area contributed by atoms with E-state index in [-0.39, 0.29) is 22.3 Å². The number of rotatable bonds is 0. The summed E-state index contributed by atoms with van der Waals surface area (Å²) in [4.78, 5) is 31.4. The van der Waals surface area contributed by atoms with Gasteiger partial charge < -0.3 is 16.4 Å². The second-order valence-electron chi connectivity index (χ2n) is 10.3. The lowest BCUT2D eigenvalue weighted by molar-refractivity contribution is 0.00947. The third kappa shape index (κ3) is 1.73. The Morgan fingerprint density at radius 3 is 2.70 bits per heavy atom. The molecule has 2 aliphatic heterocycles. The van der Waals surface area contributed by atoms with Crippen LogP contribution in [-0.4, -0.2) is 15.5 Å². The molecule has 3 atom stereocenters. The normalized spacial score (nSPS) is 31.9. The number of amides is 1. The summed E-state index contributed by atoms with van der Waals surface area (Å²) in [6.45, 7) is 8.81. The van der Waals surface area contributed by atoms with Crippen molar-refractivity contribution in [3.8, 4) is 0 Å². The zero-order valence-electron chi connectivity index (χ0n) is 17.8. The summed E-state index contributed by atoms with van der Waals surface area (Å²) in [5, 5.41) is 6.65. The largest absolute Gasteiger partial charge is 0.384 e. The molecule has 0 saturated heterocycles. The summed E-state index contributed by atoms with van der Waals surface area (Å²) in [6.07, 6.45) is 5.26. The Balaban J connectivity index is 1.62. The monoisotopic (exact) mass is 405 g/mol. The number of nitrogens with zero attached hydrogens (tertiary/aromatic N) is 2. The van der Waals surface area contributed by atoms with Crippen molar-refractivity contribution in [1.29, 1.82) is 0 Å². The highest BCUT2D eigenvalue weighted by Crippen LogP contribution is 2.72. The highest BCUT2D eigenvalue weighted by molar-refractivity contribution is 5.98. The van der Waals surface area contributed by atoms with E-state index in [0.29, 0.717) is 29.5 Å². The predicted octanol–water partition coefficient (Wildman–Crippen LogP) is 3.02. The fourth-order valence-electron chi connectivity index (χ4n) is 7.01. The third-order valence-electron chi connectivity index (χ3n) is 9.19. The number of pyridine rings is 2. The number of carbonyl (C=O) groups is 1. The lowest BCUT2D eigenvalue weighted by Gasteiger charge is -2.47. The standard InChI is InChI=1S/C23H27N5O2/c1-11-14-7-12-10-25-16(24)8-15(12)26-17(14)20(30)28-18(11)19(29)27-23(28)9-13-5-6-22(23,4)21(13,2)3/h8,10,13,26H,5-7,9H2,1-4H3,(H2,24,25)(H,27,29). The number of nitrogens with one attached hydrogen (secondary N) is 2. The number of nitrogen functional groups attached to an aromatic ring is 1. The average Bonchev–Trinajstić information content (AvgIpc) is 3.17. The SMILES string of the molecule is Cc1c2c(c(=O)n3c1C(=O)NC31CC3CCC1(C)C3(C)C)Nc1cc(N)ncc1C2. The van der Waals surface area contributed by atoms with Crippen molar-refractivity contribution < 1.29 is 4.79 Å². The van der Waals surface area contributed by atoms with Crippen LogP contribution in [0.25, 0.3) is 0 Å². The zero-order valence-corrected chi connectivity index (χ0v) is 17.8. The van der Waals surface area contributed by atoms with Gasteiger partial charge in [-0.05, 0) is 54.2 Å². The van der Waals surface area contributed by atoms with Gasteiger partial charge in [-0.1, -0.05) is 20.8 Å². The van der Waals surface area contributed by atoms with Gasteiger partial charge in [-0.3, -0.25) is 14.2 Å². The Bertz CT molecular complexity index is 1230. The summed E-state index contributed by atoms with van der Waals surface area (Å²) in [5.41, 5.74) is 9.59. The molecule has 3 unspecified atom stereocenters. The summed E-state index contributed by atoms with van der Waals surface area (Å²) in [7, 11) is 0. The Kier molecular flexibility index (Phi) is 3.04. The van der Waals surface area contributed by atoms with E-state index >= 15 is 0 Å². The third-order valence-corrected chi connectivity index (χ3v) is 9.19. The van der Waals surface area contributed by atoms with Crippen LogP contribution in [0.2, 0.25) is 0 Å². The van der Waals surface area contributed by atoms with Crippen molar-refractivity contribution in [3.05, 3.63) is 45.0 Å². The molecule has 7 heteroatoms. The molecule has 2 aromatic heterocycles. The number of carbonyl (C=O) groups excluding carboxylic acids is 1. The molecule has 0 aromatic carbocycles. The number of hydrogen-bond acceptors (Lipinski definition) is 5. The molecule has 1 spiro atoms. The molecular formula is C23H27N5O2. The summed E-state index contributed by atoms with van der Waals surface area (Å²) in [5.74, 6) is 0.771. The molecule has 2 fully saturated rings. The lowest BCUT2D eigenvalue weighted by atomic mass is 9.66. The highest BCUT2D eigenvalue weighted by Gasteiger charge is 2.72. The molecular weight excluding hydrogens is 378 g/mol. The molecule has 2 aliphatic carbocycles. The number of nitrogens with two attached hydrogens (primary N) is 1. The van der Waals surface area contributed by atoms with Crippen molar-refractivity contribution in [2.45, 2.75) is 59.0 Å². The number of aromatic nitrogens is 2. The minimum absolute atomic E-state index is 0.0469. The van der Waals surface area contributed by atoms with Crippen molar-refractivity contribution in [3.63, 3.8) is 0 Å². The molecule has 2 saturated carbocycles. The molecule has 1 amide bonds. The first kappa shape index (κ1) is 18.0. The van der Waals surface area contributed by atoms with E-state index in [9.17, 15) is 9.59 Å². The van der Waals surface area contributed by atoms with Gasteiger partial charge in [-0.2, -0.15) is 0 Å². The molecule has 7 nitrogen and oxygen atoms in total. The van der Waals surface area contributed by atoms with Crippen molar-refractivity contribution in [1.82, 2.24) is 14.9 Å². The van der Waals surface area contributed by atoms with Gasteiger partial charge >= 0.3 is 0 Å². The van der Waals surface area contributed by atoms with Crippen LogP contribution in [0.15, 0.2) is 17.1 Å². The minimum atomic E-state index is -0.665. The first-order valence-electron chi connectivity index (χ1n) is 10.7. The van der Waals surface area contributed by atoms with Gasteiger partial charge in [0.25, 0.3) is 11.5 Å². The second kappa shape index (κ2) is 5.07. The van der Waals surface area contributed by atoms with Gasteiger partial charge in [0, 0.05) is 29.8 Å². The fourth-order valence-corrected chi connectivity index (χ4v) is 7.01. The molecule has 0 radical (unpaired) electrons. The minimum Gasteiger partial charge on any atom is -0.384 e. The molecule has 6 rings (SSSR count). The van der Waals surface area contributed by atoms with Crippen LogP contribution >= 0.6 is 0 Å². The van der Waals surface area contributed by atoms with Gasteiger partial charge in [-0.15, -0.1) is 0 Å². The zero-order chi connectivity index (χ0) is 21.2. The van der Waals surface area contributed by atoms with Crippen molar-refractivity contribution in [2.75, 3.05) is 11.1 Å². The van der Waals surface area contributed by atoms with Gasteiger partial charge in [-0.25, -0.2) is 4.98 Å². The lowest BCUT2D eigenvalue weighted by Crippen LogP contribution is -2.58. The van der Waals surface area contributed by atoms with E-state index in [2.05, 4.69) is 36.4 Å². The van der Waals surface area contributed by atoms with Gasteiger partial charge in [0.15, 0.2) is 0 Å². The highest BCUT2D eigenvalue weighted by atomic mass is 16.2. The number of hydrogen-bond donors (Lipinski definition) is 3. The van der Waals surface area contributed by atoms with E-state index in [0.717, 1.165) is 41.6 Å². The smallest absolute Gasteiger partial charge is 0.277 e. The molecule has 2 bridgehead atoms. The van der Waals surface area contributed by atoms with Crippen LogP contribution < -0.4 is 21.9 Å². The van der Waals surface area contributed by atoms with E-state index in [4.69, 9.17) is 5.73 Å². The summed E-state index contributed by atoms with van der Waals surface area (Å²) < 4.78 is 1.81. The maximum atomic E-state index is 14.0. The Hall–Kier alpha value is -2.83. The summed E-state index contributed by atoms with van der Waals surface area (Å²) in [6, 6.07) is 1.77. The van der Waals surface area contributed by atoms with Gasteiger partial charge in [0.05, 0.1) is 0 Å². The molecule has 4 heterocycles. The van der Waals surface area contributed by atoms with E-state index in [1.54, 1.807) is 12.3 Å². The quantitative estimate of drug-likeness (QED) is 0.534. The average molecular weight is 406 g/mol. The second-order valence-corrected chi connectivity index (χ2v) is 10.3. The molecule has 4 aliphatic rings. The fraction of sp³-hybridized carbons (Fsp3) is 0.522. The Morgan fingerprint density at radius 2 is 2.03 bits per heavy atom. The van der Waals surface area contributed by atoms with Gasteiger partial charge in [0.1, 0.15) is 22.9 Å². The van der Waals surface area contributed by atoms with Crippen LogP contribution in [0.5, 0.6) is 0 Å². The van der Waals surface area contributed by atoms with Crippen LogP contribution in [0.1, 0.15) is 67.2 Å². The van der Waals surface area contributed by atoms with Crippen LogP contribution in [0.4, 0.5) is 17.2 Å². The van der Waals surface area contributed by atoms with Crippen molar-refractivity contribution >= 4 is 23.1 Å². The first-order valence-corrected chi connectivity index (χ1v) is 10.7. The van der Waals surface area contributed by atoms with E-state index in [1.807, 2.05) is 11.5 Å². The Labute approximate surface area is 175 Å². The topological polar surface area (TPSA) is 102 Å². The maximum Gasteiger partial charge on any atom is 0.277 e. The van der Waals surface area contributed by atoms with Crippen molar-refractivity contribution in [2.24, 2.45) is 16.7 Å².